The van der Waals surface area contributed by atoms with Crippen molar-refractivity contribution in [2.45, 2.75) is 19.0 Å². The molecule has 0 spiro atoms. The zero-order valence-corrected chi connectivity index (χ0v) is 23.7. The zero-order valence-electron chi connectivity index (χ0n) is 22.1. The number of nitrogens with one attached hydrogen (secondary N) is 1. The van der Waals surface area contributed by atoms with Crippen LogP contribution in [0.3, 0.4) is 0 Å². The number of carbonyl (C=O) groups excluding carboxylic acids is 2. The molecule has 0 saturated heterocycles. The van der Waals surface area contributed by atoms with E-state index >= 15 is 0 Å². The summed E-state index contributed by atoms with van der Waals surface area (Å²) in [5, 5.41) is 14.4. The second-order valence-electron chi connectivity index (χ2n) is 8.85. The van der Waals surface area contributed by atoms with Gasteiger partial charge in [0.25, 0.3) is 5.69 Å². The predicted molar refractivity (Wildman–Crippen MR) is 152 cm³/mol. The maximum atomic E-state index is 14.0. The van der Waals surface area contributed by atoms with Crippen LogP contribution >= 0.6 is 11.6 Å². The fourth-order valence-corrected chi connectivity index (χ4v) is 5.19. The Morgan fingerprint density at radius 1 is 1.05 bits per heavy atom. The van der Waals surface area contributed by atoms with Crippen LogP contribution in [0.25, 0.3) is 0 Å². The van der Waals surface area contributed by atoms with E-state index in [4.69, 9.17) is 16.3 Å². The first-order valence-corrected chi connectivity index (χ1v) is 14.3. The number of non-ortho nitro benzene ring substituents is 1. The van der Waals surface area contributed by atoms with Crippen molar-refractivity contribution in [3.05, 3.63) is 99.1 Å². The Bertz CT molecular complexity index is 1490. The number of methoxy groups -OCH3 is 1. The normalized spacial score (nSPS) is 11.8. The van der Waals surface area contributed by atoms with Crippen LogP contribution < -0.4 is 14.4 Å². The van der Waals surface area contributed by atoms with Crippen molar-refractivity contribution < 1.29 is 27.7 Å². The Morgan fingerprint density at radius 2 is 1.73 bits per heavy atom. The lowest BCUT2D eigenvalue weighted by Crippen LogP contribution is -2.52. The van der Waals surface area contributed by atoms with E-state index in [0.29, 0.717) is 10.6 Å². The molecule has 0 radical (unpaired) electrons. The highest BCUT2D eigenvalue weighted by Gasteiger charge is 2.34. The first-order chi connectivity index (χ1) is 18.9. The molecule has 0 fully saturated rings. The Labute approximate surface area is 237 Å². The molecular weight excluding hydrogens is 560 g/mol. The minimum absolute atomic E-state index is 0.0114. The third-order valence-corrected chi connectivity index (χ3v) is 7.44. The van der Waals surface area contributed by atoms with Crippen LogP contribution in [-0.4, -0.2) is 63.1 Å². The Kier molecular flexibility index (Phi) is 10.1. The first-order valence-electron chi connectivity index (χ1n) is 12.0. The van der Waals surface area contributed by atoms with Crippen molar-refractivity contribution >= 4 is 44.8 Å². The summed E-state index contributed by atoms with van der Waals surface area (Å²) in [6.07, 6.45) is 1.02. The van der Waals surface area contributed by atoms with Gasteiger partial charge in [0.05, 0.1) is 18.3 Å². The minimum atomic E-state index is -4.15. The number of nitro groups is 1. The monoisotopic (exact) mass is 588 g/mol. The highest BCUT2D eigenvalue weighted by atomic mass is 35.5. The minimum Gasteiger partial charge on any atom is -0.495 e. The molecule has 0 aliphatic heterocycles. The van der Waals surface area contributed by atoms with Gasteiger partial charge in [-0.2, -0.15) is 0 Å². The van der Waals surface area contributed by atoms with E-state index in [1.165, 1.54) is 25.1 Å². The number of hydrogen-bond acceptors (Lipinski definition) is 7. The summed E-state index contributed by atoms with van der Waals surface area (Å²) in [5.74, 6) is -1.17. The number of carbonyl (C=O) groups is 2. The number of anilines is 1. The number of rotatable bonds is 12. The second kappa shape index (κ2) is 13.3. The zero-order chi connectivity index (χ0) is 29.4. The van der Waals surface area contributed by atoms with Crippen LogP contribution in [-0.2, 0) is 32.6 Å². The molecule has 2 amide bonds. The first kappa shape index (κ1) is 30.4. The van der Waals surface area contributed by atoms with Crippen LogP contribution in [0.5, 0.6) is 5.75 Å². The predicted octanol–water partition coefficient (Wildman–Crippen LogP) is 3.41. The highest BCUT2D eigenvalue weighted by Crippen LogP contribution is 2.34. The Hall–Kier alpha value is -4.16. The van der Waals surface area contributed by atoms with Gasteiger partial charge >= 0.3 is 0 Å². The number of amides is 2. The summed E-state index contributed by atoms with van der Waals surface area (Å²) in [7, 11) is -1.43. The lowest BCUT2D eigenvalue weighted by Gasteiger charge is -2.33. The molecule has 212 valence electrons. The van der Waals surface area contributed by atoms with E-state index in [2.05, 4.69) is 5.32 Å². The molecule has 0 bridgehead atoms. The van der Waals surface area contributed by atoms with E-state index in [0.717, 1.165) is 28.3 Å². The summed E-state index contributed by atoms with van der Waals surface area (Å²) >= 11 is 6.17. The van der Waals surface area contributed by atoms with E-state index in [1.807, 2.05) is 18.2 Å². The number of benzene rings is 3. The van der Waals surface area contributed by atoms with E-state index in [1.54, 1.807) is 36.4 Å². The number of halogens is 1. The van der Waals surface area contributed by atoms with Gasteiger partial charge < -0.3 is 15.0 Å². The van der Waals surface area contributed by atoms with Gasteiger partial charge in [-0.15, -0.1) is 0 Å². The summed E-state index contributed by atoms with van der Waals surface area (Å²) in [6.45, 7) is -0.812. The lowest BCUT2D eigenvalue weighted by atomic mass is 10.0. The third kappa shape index (κ3) is 7.70. The Morgan fingerprint density at radius 3 is 2.30 bits per heavy atom. The molecule has 0 heterocycles. The maximum absolute atomic E-state index is 14.0. The highest BCUT2D eigenvalue weighted by molar-refractivity contribution is 7.92. The van der Waals surface area contributed by atoms with Crippen LogP contribution in [0.1, 0.15) is 11.1 Å². The largest absolute Gasteiger partial charge is 0.495 e. The van der Waals surface area contributed by atoms with Crippen molar-refractivity contribution in [3.8, 4) is 5.75 Å². The van der Waals surface area contributed by atoms with Gasteiger partial charge in [0, 0.05) is 37.2 Å². The second-order valence-corrected chi connectivity index (χ2v) is 11.2. The van der Waals surface area contributed by atoms with Gasteiger partial charge in [0.1, 0.15) is 24.0 Å². The quantitative estimate of drug-likeness (QED) is 0.253. The Balaban J connectivity index is 2.10. The fraction of sp³-hybridized carbons (Fsp3) is 0.259. The van der Waals surface area contributed by atoms with Crippen molar-refractivity contribution in [1.29, 1.82) is 0 Å². The van der Waals surface area contributed by atoms with Crippen molar-refractivity contribution in [2.75, 3.05) is 31.3 Å². The van der Waals surface area contributed by atoms with Gasteiger partial charge in [0.15, 0.2) is 0 Å². The molecule has 1 atom stereocenters. The van der Waals surface area contributed by atoms with Crippen LogP contribution in [0.15, 0.2) is 72.8 Å². The number of nitro benzene ring substituents is 1. The van der Waals surface area contributed by atoms with Gasteiger partial charge in [-0.25, -0.2) is 8.42 Å². The number of nitrogens with zero attached hydrogens (tertiary/aromatic N) is 3. The maximum Gasteiger partial charge on any atom is 0.271 e. The molecule has 3 rings (SSSR count). The molecule has 1 N–H and O–H groups in total. The molecule has 0 aliphatic carbocycles. The van der Waals surface area contributed by atoms with Crippen molar-refractivity contribution in [2.24, 2.45) is 0 Å². The smallest absolute Gasteiger partial charge is 0.271 e. The molecule has 0 aromatic heterocycles. The standard InChI is InChI=1S/C27H29ClN4O7S/c1-29-27(34)24(15-19-8-5-4-6-9-19)30(17-20-10-7-11-21(28)14-20)26(33)18-31(40(3,37)38)23-16-22(32(35)36)12-13-25(23)39-2/h4-14,16,24H,15,17-18H2,1-3H3,(H,29,34)/t24-/m0/s1. The van der Waals surface area contributed by atoms with Crippen LogP contribution in [0.4, 0.5) is 11.4 Å². The molecule has 40 heavy (non-hydrogen) atoms. The van der Waals surface area contributed by atoms with Crippen LogP contribution in [0.2, 0.25) is 5.02 Å². The lowest BCUT2D eigenvalue weighted by molar-refractivity contribution is -0.384. The van der Waals surface area contributed by atoms with Gasteiger partial charge in [-0.05, 0) is 29.3 Å². The average Bonchev–Trinajstić information content (AvgIpc) is 2.92. The topological polar surface area (TPSA) is 139 Å². The molecule has 0 saturated carbocycles. The van der Waals surface area contributed by atoms with Crippen molar-refractivity contribution in [3.63, 3.8) is 0 Å². The molecule has 3 aromatic rings. The average molecular weight is 589 g/mol. The molecular formula is C27H29ClN4O7S. The van der Waals surface area contributed by atoms with E-state index in [-0.39, 0.29) is 30.1 Å². The number of sulfonamides is 1. The number of ether oxygens (including phenoxy) is 1. The van der Waals surface area contributed by atoms with E-state index in [9.17, 15) is 28.1 Å². The summed E-state index contributed by atoms with van der Waals surface area (Å²) in [4.78, 5) is 39.1. The SMILES string of the molecule is CNC(=O)[C@H](Cc1ccccc1)N(Cc1cccc(Cl)c1)C(=O)CN(c1cc([N+](=O)[O-])ccc1OC)S(C)(=O)=O. The summed E-state index contributed by atoms with van der Waals surface area (Å²) in [5.41, 5.74) is 0.816. The van der Waals surface area contributed by atoms with Gasteiger partial charge in [-0.1, -0.05) is 54.1 Å². The molecule has 0 unspecified atom stereocenters. The molecule has 3 aromatic carbocycles. The summed E-state index contributed by atoms with van der Waals surface area (Å²) < 4.78 is 31.8. The third-order valence-electron chi connectivity index (χ3n) is 6.08. The van der Waals surface area contributed by atoms with E-state index < -0.39 is 39.3 Å². The molecule has 13 heteroatoms. The fourth-order valence-electron chi connectivity index (χ4n) is 4.13. The number of likely N-dealkylation sites (N-methyl/N-ethyl adjacent to an activating group) is 1. The number of hydrogen-bond donors (Lipinski definition) is 1. The molecule has 0 aliphatic rings. The molecule has 11 nitrogen and oxygen atoms in total. The van der Waals surface area contributed by atoms with Crippen molar-refractivity contribution in [1.82, 2.24) is 10.2 Å². The van der Waals surface area contributed by atoms with Crippen LogP contribution in [0, 0.1) is 10.1 Å². The summed E-state index contributed by atoms with van der Waals surface area (Å²) in [6, 6.07) is 18.2. The van der Waals surface area contributed by atoms with Gasteiger partial charge in [0.2, 0.25) is 21.8 Å². The van der Waals surface area contributed by atoms with Gasteiger partial charge in [-0.3, -0.25) is 24.0 Å².